The average molecular weight is 323 g/mol. The van der Waals surface area contributed by atoms with Gasteiger partial charge in [-0.25, -0.2) is 4.79 Å². The highest BCUT2D eigenvalue weighted by Gasteiger charge is 2.34. The molecule has 1 aromatic carbocycles. The molecular formula is C15H17NO5S. The van der Waals surface area contributed by atoms with E-state index in [9.17, 15) is 9.59 Å². The molecule has 6 nitrogen and oxygen atoms in total. The summed E-state index contributed by atoms with van der Waals surface area (Å²) in [6, 6.07) is 4.54. The SMILES string of the molecule is CCOC(=O)C1CSCCN1C(=O)c1ccc2c(c1)OCO2. The quantitative estimate of drug-likeness (QED) is 0.786. The van der Waals surface area contributed by atoms with Gasteiger partial charge in [-0.1, -0.05) is 0 Å². The van der Waals surface area contributed by atoms with Gasteiger partial charge in [0.2, 0.25) is 6.79 Å². The molecule has 2 aliphatic rings. The Labute approximate surface area is 132 Å². The van der Waals surface area contributed by atoms with Gasteiger partial charge in [0.25, 0.3) is 5.91 Å². The maximum atomic E-state index is 12.7. The number of esters is 1. The molecule has 118 valence electrons. The fraction of sp³-hybridized carbons (Fsp3) is 0.467. The number of hydrogen-bond donors (Lipinski definition) is 0. The Balaban J connectivity index is 1.81. The molecule has 1 amide bonds. The number of carbonyl (C=O) groups excluding carboxylic acids is 2. The molecule has 2 heterocycles. The number of amides is 1. The summed E-state index contributed by atoms with van der Waals surface area (Å²) in [5.74, 6) is 2.04. The highest BCUT2D eigenvalue weighted by atomic mass is 32.2. The summed E-state index contributed by atoms with van der Waals surface area (Å²) in [6.45, 7) is 2.77. The molecule has 0 aromatic heterocycles. The molecular weight excluding hydrogens is 306 g/mol. The summed E-state index contributed by atoms with van der Waals surface area (Å²) in [4.78, 5) is 26.4. The molecule has 3 rings (SSSR count). The molecule has 0 N–H and O–H groups in total. The summed E-state index contributed by atoms with van der Waals surface area (Å²) < 4.78 is 15.6. The van der Waals surface area contributed by atoms with Gasteiger partial charge >= 0.3 is 5.97 Å². The maximum absolute atomic E-state index is 12.7. The van der Waals surface area contributed by atoms with Crippen LogP contribution in [-0.4, -0.2) is 54.3 Å². The van der Waals surface area contributed by atoms with Crippen LogP contribution < -0.4 is 9.47 Å². The van der Waals surface area contributed by atoms with Crippen molar-refractivity contribution in [3.05, 3.63) is 23.8 Å². The third-order valence-corrected chi connectivity index (χ3v) is 4.59. The van der Waals surface area contributed by atoms with Crippen LogP contribution in [0.2, 0.25) is 0 Å². The van der Waals surface area contributed by atoms with Gasteiger partial charge in [-0.3, -0.25) is 4.79 Å². The van der Waals surface area contributed by atoms with Gasteiger partial charge in [0, 0.05) is 23.6 Å². The van der Waals surface area contributed by atoms with Crippen LogP contribution in [-0.2, 0) is 9.53 Å². The predicted octanol–water partition coefficient (Wildman–Crippen LogP) is 1.54. The number of fused-ring (bicyclic) bond motifs is 1. The van der Waals surface area contributed by atoms with Crippen LogP contribution in [0.4, 0.5) is 0 Å². The second-order valence-corrected chi connectivity index (χ2v) is 6.06. The van der Waals surface area contributed by atoms with Crippen molar-refractivity contribution in [2.45, 2.75) is 13.0 Å². The van der Waals surface area contributed by atoms with Gasteiger partial charge in [-0.15, -0.1) is 0 Å². The van der Waals surface area contributed by atoms with Crippen LogP contribution in [0.25, 0.3) is 0 Å². The molecule has 0 saturated carbocycles. The Morgan fingerprint density at radius 3 is 3.00 bits per heavy atom. The summed E-state index contributed by atoms with van der Waals surface area (Å²) in [5.41, 5.74) is 0.491. The predicted molar refractivity (Wildman–Crippen MR) is 81.3 cm³/mol. The molecule has 1 aromatic rings. The lowest BCUT2D eigenvalue weighted by atomic mass is 10.1. The first-order valence-corrected chi connectivity index (χ1v) is 8.31. The van der Waals surface area contributed by atoms with Crippen LogP contribution in [0.5, 0.6) is 11.5 Å². The van der Waals surface area contributed by atoms with Crippen LogP contribution in [0.1, 0.15) is 17.3 Å². The second-order valence-electron chi connectivity index (χ2n) is 4.91. The van der Waals surface area contributed by atoms with Crippen molar-refractivity contribution in [2.24, 2.45) is 0 Å². The maximum Gasteiger partial charge on any atom is 0.329 e. The molecule has 1 atom stereocenters. The van der Waals surface area contributed by atoms with Crippen molar-refractivity contribution < 1.29 is 23.8 Å². The topological polar surface area (TPSA) is 65.1 Å². The van der Waals surface area contributed by atoms with Crippen LogP contribution in [0, 0.1) is 0 Å². The number of thioether (sulfide) groups is 1. The molecule has 1 fully saturated rings. The van der Waals surface area contributed by atoms with Crippen molar-refractivity contribution in [3.8, 4) is 11.5 Å². The summed E-state index contributed by atoms with van der Waals surface area (Å²) in [7, 11) is 0. The fourth-order valence-electron chi connectivity index (χ4n) is 2.48. The van der Waals surface area contributed by atoms with Gasteiger partial charge in [0.05, 0.1) is 6.61 Å². The van der Waals surface area contributed by atoms with E-state index < -0.39 is 6.04 Å². The Hall–Kier alpha value is -1.89. The highest BCUT2D eigenvalue weighted by molar-refractivity contribution is 7.99. The van der Waals surface area contributed by atoms with Crippen molar-refractivity contribution in [3.63, 3.8) is 0 Å². The zero-order valence-corrected chi connectivity index (χ0v) is 13.1. The Kier molecular flexibility index (Phi) is 4.42. The van der Waals surface area contributed by atoms with E-state index in [1.165, 1.54) is 0 Å². The van der Waals surface area contributed by atoms with Gasteiger partial charge in [0.1, 0.15) is 6.04 Å². The zero-order chi connectivity index (χ0) is 15.5. The van der Waals surface area contributed by atoms with Gasteiger partial charge in [0.15, 0.2) is 11.5 Å². The average Bonchev–Trinajstić information content (AvgIpc) is 3.02. The van der Waals surface area contributed by atoms with E-state index in [0.717, 1.165) is 5.75 Å². The monoisotopic (exact) mass is 323 g/mol. The van der Waals surface area contributed by atoms with Crippen molar-refractivity contribution in [2.75, 3.05) is 31.5 Å². The molecule has 0 radical (unpaired) electrons. The zero-order valence-electron chi connectivity index (χ0n) is 12.2. The number of ether oxygens (including phenoxy) is 3. The number of carbonyl (C=O) groups is 2. The number of rotatable bonds is 3. The smallest absolute Gasteiger partial charge is 0.329 e. The fourth-order valence-corrected chi connectivity index (χ4v) is 3.51. The number of hydrogen-bond acceptors (Lipinski definition) is 6. The highest BCUT2D eigenvalue weighted by Crippen LogP contribution is 2.33. The van der Waals surface area contributed by atoms with E-state index in [-0.39, 0.29) is 18.7 Å². The van der Waals surface area contributed by atoms with E-state index in [2.05, 4.69) is 0 Å². The summed E-state index contributed by atoms with van der Waals surface area (Å²) in [6.07, 6.45) is 0. The minimum atomic E-state index is -0.531. The first-order valence-electron chi connectivity index (χ1n) is 7.15. The standard InChI is InChI=1S/C15H17NO5S/c1-2-19-15(18)11-8-22-6-5-16(11)14(17)10-3-4-12-13(7-10)21-9-20-12/h3-4,7,11H,2,5-6,8-9H2,1H3. The Bertz CT molecular complexity index is 591. The van der Waals surface area contributed by atoms with E-state index in [0.29, 0.717) is 36.0 Å². The van der Waals surface area contributed by atoms with Gasteiger partial charge in [-0.05, 0) is 25.1 Å². The van der Waals surface area contributed by atoms with E-state index in [4.69, 9.17) is 14.2 Å². The molecule has 0 spiro atoms. The molecule has 22 heavy (non-hydrogen) atoms. The van der Waals surface area contributed by atoms with Crippen LogP contribution >= 0.6 is 11.8 Å². The summed E-state index contributed by atoms with van der Waals surface area (Å²) in [5, 5.41) is 0. The van der Waals surface area contributed by atoms with E-state index in [1.807, 2.05) is 0 Å². The third kappa shape index (κ3) is 2.85. The Morgan fingerprint density at radius 2 is 2.18 bits per heavy atom. The normalized spacial score (nSPS) is 19.9. The first kappa shape index (κ1) is 15.0. The number of nitrogens with zero attached hydrogens (tertiary/aromatic N) is 1. The van der Waals surface area contributed by atoms with Crippen molar-refractivity contribution >= 4 is 23.6 Å². The largest absolute Gasteiger partial charge is 0.464 e. The molecule has 7 heteroatoms. The molecule has 0 bridgehead atoms. The third-order valence-electron chi connectivity index (χ3n) is 3.57. The lowest BCUT2D eigenvalue weighted by Gasteiger charge is -2.33. The van der Waals surface area contributed by atoms with Gasteiger partial charge < -0.3 is 19.1 Å². The summed E-state index contributed by atoms with van der Waals surface area (Å²) >= 11 is 1.65. The lowest BCUT2D eigenvalue weighted by Crippen LogP contribution is -2.51. The Morgan fingerprint density at radius 1 is 1.36 bits per heavy atom. The van der Waals surface area contributed by atoms with Crippen molar-refractivity contribution in [1.29, 1.82) is 0 Å². The minimum Gasteiger partial charge on any atom is -0.464 e. The van der Waals surface area contributed by atoms with E-state index in [1.54, 1.807) is 41.8 Å². The first-order chi connectivity index (χ1) is 10.7. The minimum absolute atomic E-state index is 0.165. The number of benzene rings is 1. The lowest BCUT2D eigenvalue weighted by molar-refractivity contribution is -0.147. The van der Waals surface area contributed by atoms with E-state index >= 15 is 0 Å². The molecule has 1 unspecified atom stereocenters. The molecule has 0 aliphatic carbocycles. The van der Waals surface area contributed by atoms with Crippen LogP contribution in [0.3, 0.4) is 0 Å². The molecule has 1 saturated heterocycles. The van der Waals surface area contributed by atoms with Gasteiger partial charge in [-0.2, -0.15) is 11.8 Å². The molecule has 2 aliphatic heterocycles. The second kappa shape index (κ2) is 6.48. The van der Waals surface area contributed by atoms with Crippen LogP contribution in [0.15, 0.2) is 18.2 Å². The van der Waals surface area contributed by atoms with Crippen molar-refractivity contribution in [1.82, 2.24) is 4.90 Å².